The van der Waals surface area contributed by atoms with Gasteiger partial charge in [0.15, 0.2) is 0 Å². The number of benzene rings is 1. The largest absolute Gasteiger partial charge is 0.485 e. The van der Waals surface area contributed by atoms with Crippen LogP contribution in [0, 0.1) is 6.92 Å². The molecule has 2 N–H and O–H groups in total. The van der Waals surface area contributed by atoms with Crippen LogP contribution in [0.2, 0.25) is 0 Å². The lowest BCUT2D eigenvalue weighted by molar-refractivity contribution is 0.0409. The van der Waals surface area contributed by atoms with Crippen molar-refractivity contribution in [2.24, 2.45) is 5.73 Å². The number of aryl methyl sites for hydroxylation is 1. The van der Waals surface area contributed by atoms with Gasteiger partial charge < -0.3 is 10.5 Å². The maximum atomic E-state index is 6.39. The molecule has 0 amide bonds. The molecule has 0 aromatic heterocycles. The zero-order valence-electron chi connectivity index (χ0n) is 12.1. The van der Waals surface area contributed by atoms with Gasteiger partial charge in [0, 0.05) is 43.6 Å². The normalized spacial score (nSPS) is 30.7. The molecule has 1 aromatic carbocycles. The molecule has 3 heteroatoms. The Hall–Kier alpha value is -1.06. The van der Waals surface area contributed by atoms with E-state index in [4.69, 9.17) is 10.5 Å². The SMILES string of the molecule is Cc1ccc2c(c1)[C@@H](N)CC1(CCN(C(C)C)C1)O2. The van der Waals surface area contributed by atoms with E-state index < -0.39 is 0 Å². The molecule has 2 atom stereocenters. The van der Waals surface area contributed by atoms with Crippen molar-refractivity contribution >= 4 is 0 Å². The molecule has 1 spiro atoms. The molecule has 0 aliphatic carbocycles. The molecule has 1 fully saturated rings. The minimum atomic E-state index is -0.0635. The van der Waals surface area contributed by atoms with E-state index in [1.54, 1.807) is 0 Å². The summed E-state index contributed by atoms with van der Waals surface area (Å²) in [7, 11) is 0. The van der Waals surface area contributed by atoms with Crippen molar-refractivity contribution in [2.45, 2.75) is 51.3 Å². The predicted octanol–water partition coefficient (Wildman–Crippen LogP) is 2.63. The summed E-state index contributed by atoms with van der Waals surface area (Å²) in [4.78, 5) is 2.49. The van der Waals surface area contributed by atoms with E-state index in [2.05, 4.69) is 43.9 Å². The number of nitrogens with two attached hydrogens (primary N) is 1. The number of hydrogen-bond donors (Lipinski definition) is 1. The third-order valence-electron chi connectivity index (χ3n) is 4.56. The quantitative estimate of drug-likeness (QED) is 0.843. The molecule has 104 valence electrons. The first-order valence-electron chi connectivity index (χ1n) is 7.28. The van der Waals surface area contributed by atoms with E-state index in [9.17, 15) is 0 Å². The van der Waals surface area contributed by atoms with Crippen LogP contribution in [-0.4, -0.2) is 29.6 Å². The van der Waals surface area contributed by atoms with E-state index in [0.717, 1.165) is 31.7 Å². The second-order valence-corrected chi connectivity index (χ2v) is 6.45. The van der Waals surface area contributed by atoms with Gasteiger partial charge in [0.05, 0.1) is 0 Å². The topological polar surface area (TPSA) is 38.5 Å². The van der Waals surface area contributed by atoms with Gasteiger partial charge in [0.2, 0.25) is 0 Å². The lowest BCUT2D eigenvalue weighted by atomic mass is 9.86. The molecule has 0 bridgehead atoms. The van der Waals surface area contributed by atoms with Crippen molar-refractivity contribution in [3.05, 3.63) is 29.3 Å². The monoisotopic (exact) mass is 260 g/mol. The highest BCUT2D eigenvalue weighted by Gasteiger charge is 2.45. The summed E-state index contributed by atoms with van der Waals surface area (Å²) in [5.74, 6) is 0.995. The standard InChI is InChI=1S/C16H24N2O/c1-11(2)18-7-6-16(10-18)9-14(17)13-8-12(3)4-5-15(13)19-16/h4-5,8,11,14H,6-7,9-10,17H2,1-3H3/t14-,16?/m0/s1. The van der Waals surface area contributed by atoms with Crippen LogP contribution in [0.5, 0.6) is 5.75 Å². The van der Waals surface area contributed by atoms with Gasteiger partial charge in [0.25, 0.3) is 0 Å². The first-order valence-corrected chi connectivity index (χ1v) is 7.28. The minimum absolute atomic E-state index is 0.0635. The highest BCUT2D eigenvalue weighted by molar-refractivity contribution is 5.41. The number of ether oxygens (including phenoxy) is 1. The molecule has 1 unspecified atom stereocenters. The molecule has 0 radical (unpaired) electrons. The van der Waals surface area contributed by atoms with E-state index >= 15 is 0 Å². The lowest BCUT2D eigenvalue weighted by Crippen LogP contribution is -2.46. The van der Waals surface area contributed by atoms with Gasteiger partial charge in [-0.25, -0.2) is 0 Å². The van der Waals surface area contributed by atoms with Crippen LogP contribution < -0.4 is 10.5 Å². The molecular formula is C16H24N2O. The third-order valence-corrected chi connectivity index (χ3v) is 4.56. The molecule has 1 aromatic rings. The Balaban J connectivity index is 1.87. The first-order chi connectivity index (χ1) is 8.99. The van der Waals surface area contributed by atoms with Gasteiger partial charge in [0.1, 0.15) is 11.4 Å². The van der Waals surface area contributed by atoms with Crippen LogP contribution in [0.3, 0.4) is 0 Å². The highest BCUT2D eigenvalue weighted by atomic mass is 16.5. The van der Waals surface area contributed by atoms with Crippen molar-refractivity contribution in [3.8, 4) is 5.75 Å². The summed E-state index contributed by atoms with van der Waals surface area (Å²) in [5.41, 5.74) is 8.76. The van der Waals surface area contributed by atoms with Crippen molar-refractivity contribution in [3.63, 3.8) is 0 Å². The minimum Gasteiger partial charge on any atom is -0.485 e. The number of hydrogen-bond acceptors (Lipinski definition) is 3. The maximum absolute atomic E-state index is 6.39. The van der Waals surface area contributed by atoms with Crippen LogP contribution >= 0.6 is 0 Å². The fraction of sp³-hybridized carbons (Fsp3) is 0.625. The Labute approximate surface area is 115 Å². The number of rotatable bonds is 1. The molecule has 2 aliphatic rings. The first kappa shape index (κ1) is 12.9. The van der Waals surface area contributed by atoms with E-state index in [0.29, 0.717) is 6.04 Å². The molecular weight excluding hydrogens is 236 g/mol. The smallest absolute Gasteiger partial charge is 0.125 e. The molecule has 19 heavy (non-hydrogen) atoms. The van der Waals surface area contributed by atoms with Crippen LogP contribution in [0.4, 0.5) is 0 Å². The molecule has 3 nitrogen and oxygen atoms in total. The van der Waals surface area contributed by atoms with E-state index in [1.807, 2.05) is 0 Å². The Morgan fingerprint density at radius 2 is 2.21 bits per heavy atom. The van der Waals surface area contributed by atoms with Crippen molar-refractivity contribution in [1.82, 2.24) is 4.90 Å². The molecule has 1 saturated heterocycles. The van der Waals surface area contributed by atoms with Crippen molar-refractivity contribution < 1.29 is 4.74 Å². The lowest BCUT2D eigenvalue weighted by Gasteiger charge is -2.39. The molecule has 0 saturated carbocycles. The number of fused-ring (bicyclic) bond motifs is 1. The molecule has 2 heterocycles. The Kier molecular flexibility index (Phi) is 3.06. The Bertz CT molecular complexity index is 486. The second-order valence-electron chi connectivity index (χ2n) is 6.45. The molecule has 2 aliphatic heterocycles. The summed E-state index contributed by atoms with van der Waals surface area (Å²) in [6.45, 7) is 8.73. The van der Waals surface area contributed by atoms with Gasteiger partial charge in [-0.1, -0.05) is 17.7 Å². The fourth-order valence-corrected chi connectivity index (χ4v) is 3.40. The molecule has 3 rings (SSSR count). The van der Waals surface area contributed by atoms with E-state index in [1.165, 1.54) is 11.1 Å². The number of nitrogens with zero attached hydrogens (tertiary/aromatic N) is 1. The third kappa shape index (κ3) is 2.26. The summed E-state index contributed by atoms with van der Waals surface area (Å²) < 4.78 is 6.36. The van der Waals surface area contributed by atoms with Gasteiger partial charge >= 0.3 is 0 Å². The predicted molar refractivity (Wildman–Crippen MR) is 77.4 cm³/mol. The maximum Gasteiger partial charge on any atom is 0.125 e. The van der Waals surface area contributed by atoms with Crippen molar-refractivity contribution in [1.29, 1.82) is 0 Å². The Morgan fingerprint density at radius 1 is 1.42 bits per heavy atom. The van der Waals surface area contributed by atoms with Crippen LogP contribution in [0.15, 0.2) is 18.2 Å². The zero-order valence-corrected chi connectivity index (χ0v) is 12.1. The highest BCUT2D eigenvalue weighted by Crippen LogP contribution is 2.43. The van der Waals surface area contributed by atoms with Crippen LogP contribution in [0.25, 0.3) is 0 Å². The summed E-state index contributed by atoms with van der Waals surface area (Å²) >= 11 is 0. The fourth-order valence-electron chi connectivity index (χ4n) is 3.40. The van der Waals surface area contributed by atoms with Gasteiger partial charge in [-0.15, -0.1) is 0 Å². The average Bonchev–Trinajstić information content (AvgIpc) is 2.74. The van der Waals surface area contributed by atoms with Gasteiger partial charge in [-0.2, -0.15) is 0 Å². The van der Waals surface area contributed by atoms with E-state index in [-0.39, 0.29) is 11.6 Å². The van der Waals surface area contributed by atoms with Gasteiger partial charge in [-0.05, 0) is 26.8 Å². The number of likely N-dealkylation sites (tertiary alicyclic amines) is 1. The van der Waals surface area contributed by atoms with Crippen molar-refractivity contribution in [2.75, 3.05) is 13.1 Å². The summed E-state index contributed by atoms with van der Waals surface area (Å²) in [6, 6.07) is 7.06. The second kappa shape index (κ2) is 4.50. The average molecular weight is 260 g/mol. The van der Waals surface area contributed by atoms with Gasteiger partial charge in [-0.3, -0.25) is 4.90 Å². The zero-order chi connectivity index (χ0) is 13.6. The summed E-state index contributed by atoms with van der Waals surface area (Å²) in [6.07, 6.45) is 2.03. The van der Waals surface area contributed by atoms with Crippen LogP contribution in [0.1, 0.15) is 43.9 Å². The summed E-state index contributed by atoms with van der Waals surface area (Å²) in [5, 5.41) is 0. The Morgan fingerprint density at radius 3 is 2.89 bits per heavy atom. The van der Waals surface area contributed by atoms with Crippen LogP contribution in [-0.2, 0) is 0 Å².